The molecule has 0 radical (unpaired) electrons. The molecule has 5 nitrogen and oxygen atoms in total. The molecule has 2 aliphatic carbocycles. The molecule has 1 aromatic carbocycles. The molecular weight excluding hydrogens is 368 g/mol. The lowest BCUT2D eigenvalue weighted by atomic mass is 9.87. The lowest BCUT2D eigenvalue weighted by Gasteiger charge is -2.19. The molecule has 3 rings (SSSR count). The van der Waals surface area contributed by atoms with Crippen LogP contribution in [-0.4, -0.2) is 39.3 Å². The summed E-state index contributed by atoms with van der Waals surface area (Å²) in [6.45, 7) is 0. The first-order valence-corrected chi connectivity index (χ1v) is 10.8. The van der Waals surface area contributed by atoms with Crippen LogP contribution in [0, 0.1) is 17.8 Å². The summed E-state index contributed by atoms with van der Waals surface area (Å²) in [5.74, 6) is -1.02. The molecule has 1 aromatic rings. The van der Waals surface area contributed by atoms with Gasteiger partial charge in [0, 0.05) is 18.8 Å². The van der Waals surface area contributed by atoms with Gasteiger partial charge in [0.2, 0.25) is 0 Å². The fourth-order valence-electron chi connectivity index (χ4n) is 4.83. The zero-order valence-electron chi connectivity index (χ0n) is 16.9. The van der Waals surface area contributed by atoms with Crippen LogP contribution in [0.25, 0.3) is 0 Å². The molecule has 0 aliphatic heterocycles. The molecule has 158 valence electrons. The monoisotopic (exact) mass is 400 g/mol. The van der Waals surface area contributed by atoms with Gasteiger partial charge in [0.05, 0.1) is 12.2 Å². The molecule has 3 N–H and O–H groups in total. The van der Waals surface area contributed by atoms with E-state index in [1.54, 1.807) is 6.08 Å². The van der Waals surface area contributed by atoms with E-state index in [4.69, 9.17) is 5.11 Å². The molecule has 0 spiro atoms. The molecule has 2 aliphatic rings. The number of fused-ring (bicyclic) bond motifs is 1. The highest BCUT2D eigenvalue weighted by Gasteiger charge is 2.39. The maximum Gasteiger partial charge on any atom is 0.303 e. The molecule has 0 saturated heterocycles. The van der Waals surface area contributed by atoms with Crippen LogP contribution in [0.5, 0.6) is 0 Å². The largest absolute Gasteiger partial charge is 0.481 e. The minimum atomic E-state index is -0.768. The van der Waals surface area contributed by atoms with Gasteiger partial charge in [-0.3, -0.25) is 9.59 Å². The number of unbranched alkanes of at least 4 members (excludes halogenated alkanes) is 3. The molecule has 29 heavy (non-hydrogen) atoms. The third-order valence-corrected chi connectivity index (χ3v) is 6.50. The van der Waals surface area contributed by atoms with Gasteiger partial charge in [0.25, 0.3) is 0 Å². The number of ketones is 1. The second-order valence-electron chi connectivity index (χ2n) is 8.59. The Bertz CT molecular complexity index is 716. The Hall–Kier alpha value is -1.98. The number of Topliss-reactive ketones (excluding diaryl/α,β-unsaturated/α-hetero) is 1. The second kappa shape index (κ2) is 10.2. The zero-order valence-corrected chi connectivity index (χ0v) is 16.9. The van der Waals surface area contributed by atoms with Crippen LogP contribution >= 0.6 is 0 Å². The highest BCUT2D eigenvalue weighted by Crippen LogP contribution is 2.35. The van der Waals surface area contributed by atoms with E-state index in [9.17, 15) is 19.8 Å². The summed E-state index contributed by atoms with van der Waals surface area (Å²) in [7, 11) is 0. The third kappa shape index (κ3) is 5.77. The molecule has 0 bridgehead atoms. The van der Waals surface area contributed by atoms with Crippen molar-refractivity contribution >= 4 is 11.8 Å². The summed E-state index contributed by atoms with van der Waals surface area (Å²) >= 11 is 0. The number of hydrogen-bond acceptors (Lipinski definition) is 4. The maximum atomic E-state index is 12.4. The first-order valence-electron chi connectivity index (χ1n) is 10.8. The number of aliphatic hydroxyl groups is 2. The van der Waals surface area contributed by atoms with Crippen molar-refractivity contribution in [2.24, 2.45) is 17.8 Å². The fraction of sp³-hybridized carbons (Fsp3) is 0.583. The van der Waals surface area contributed by atoms with Crippen molar-refractivity contribution in [3.63, 3.8) is 0 Å². The zero-order chi connectivity index (χ0) is 20.8. The Morgan fingerprint density at radius 2 is 1.72 bits per heavy atom. The topological polar surface area (TPSA) is 94.8 Å². The summed E-state index contributed by atoms with van der Waals surface area (Å²) in [5, 5.41) is 29.6. The summed E-state index contributed by atoms with van der Waals surface area (Å²) in [4.78, 5) is 22.9. The summed E-state index contributed by atoms with van der Waals surface area (Å²) < 4.78 is 0. The molecule has 1 saturated carbocycles. The molecule has 4 atom stereocenters. The minimum absolute atomic E-state index is 0.0477. The number of hydrogen-bond donors (Lipinski definition) is 3. The van der Waals surface area contributed by atoms with Crippen LogP contribution in [-0.2, 0) is 22.4 Å². The van der Waals surface area contributed by atoms with E-state index in [2.05, 4.69) is 12.1 Å². The Balaban J connectivity index is 1.49. The molecule has 5 heteroatoms. The number of allylic oxidation sites excluding steroid dienone is 1. The molecule has 0 amide bonds. The third-order valence-electron chi connectivity index (χ3n) is 6.50. The van der Waals surface area contributed by atoms with Crippen molar-refractivity contribution in [2.45, 2.75) is 70.0 Å². The highest BCUT2D eigenvalue weighted by molar-refractivity contribution is 5.86. The number of benzene rings is 1. The van der Waals surface area contributed by atoms with E-state index < -0.39 is 18.2 Å². The van der Waals surface area contributed by atoms with Gasteiger partial charge in [-0.1, -0.05) is 55.7 Å². The average molecular weight is 401 g/mol. The molecular formula is C24H32O5. The number of aliphatic hydroxyl groups excluding tert-OH is 2. The quantitative estimate of drug-likeness (QED) is 0.414. The predicted octanol–water partition coefficient (Wildman–Crippen LogP) is 3.31. The van der Waals surface area contributed by atoms with E-state index in [1.165, 1.54) is 11.1 Å². The van der Waals surface area contributed by atoms with Gasteiger partial charge >= 0.3 is 5.97 Å². The molecule has 0 unspecified atom stereocenters. The maximum absolute atomic E-state index is 12.4. The number of carbonyl (C=O) groups excluding carboxylic acids is 1. The van der Waals surface area contributed by atoms with Crippen LogP contribution in [0.3, 0.4) is 0 Å². The van der Waals surface area contributed by atoms with Crippen LogP contribution < -0.4 is 0 Å². The van der Waals surface area contributed by atoms with E-state index in [-0.39, 0.29) is 36.4 Å². The number of aliphatic carboxylic acids is 1. The summed E-state index contributed by atoms with van der Waals surface area (Å²) in [6, 6.07) is 8.26. The molecule has 0 aromatic heterocycles. The van der Waals surface area contributed by atoms with Gasteiger partial charge in [-0.15, -0.1) is 0 Å². The Labute approximate surface area is 172 Å². The lowest BCUT2D eigenvalue weighted by molar-refractivity contribution is -0.137. The van der Waals surface area contributed by atoms with Crippen LogP contribution in [0.1, 0.15) is 56.1 Å². The van der Waals surface area contributed by atoms with Gasteiger partial charge in [-0.2, -0.15) is 0 Å². The van der Waals surface area contributed by atoms with E-state index in [1.807, 2.05) is 18.2 Å². The SMILES string of the molecule is O=C(O)CCCCCC[C@H]1[C@H](O)CC(=O)[C@H]1C=C[C@H](O)C1Cc2ccccc2C1. The Kier molecular flexibility index (Phi) is 7.62. The van der Waals surface area contributed by atoms with Crippen LogP contribution in [0.2, 0.25) is 0 Å². The van der Waals surface area contributed by atoms with Gasteiger partial charge < -0.3 is 15.3 Å². The Morgan fingerprint density at radius 3 is 2.38 bits per heavy atom. The van der Waals surface area contributed by atoms with E-state index in [0.29, 0.717) is 6.42 Å². The predicted molar refractivity (Wildman–Crippen MR) is 110 cm³/mol. The summed E-state index contributed by atoms with van der Waals surface area (Å²) in [5.41, 5.74) is 2.58. The van der Waals surface area contributed by atoms with Crippen molar-refractivity contribution in [2.75, 3.05) is 0 Å². The van der Waals surface area contributed by atoms with Crippen molar-refractivity contribution in [1.82, 2.24) is 0 Å². The van der Waals surface area contributed by atoms with Crippen LogP contribution in [0.15, 0.2) is 36.4 Å². The van der Waals surface area contributed by atoms with Crippen LogP contribution in [0.4, 0.5) is 0 Å². The summed E-state index contributed by atoms with van der Waals surface area (Å²) in [6.07, 6.45) is 8.50. The average Bonchev–Trinajstić information content (AvgIpc) is 3.23. The molecule has 1 fully saturated rings. The number of carbonyl (C=O) groups is 2. The van der Waals surface area contributed by atoms with Crippen molar-refractivity contribution in [3.8, 4) is 0 Å². The van der Waals surface area contributed by atoms with Gasteiger partial charge in [-0.25, -0.2) is 0 Å². The second-order valence-corrected chi connectivity index (χ2v) is 8.59. The van der Waals surface area contributed by atoms with Crippen molar-refractivity contribution < 1.29 is 24.9 Å². The normalized spacial score (nSPS) is 25.6. The number of carboxylic acids is 1. The first kappa shape index (κ1) is 21.7. The lowest BCUT2D eigenvalue weighted by Crippen LogP contribution is -2.22. The molecule has 0 heterocycles. The Morgan fingerprint density at radius 1 is 1.07 bits per heavy atom. The highest BCUT2D eigenvalue weighted by atomic mass is 16.4. The minimum Gasteiger partial charge on any atom is -0.481 e. The van der Waals surface area contributed by atoms with E-state index in [0.717, 1.165) is 38.5 Å². The van der Waals surface area contributed by atoms with E-state index >= 15 is 0 Å². The van der Waals surface area contributed by atoms with Gasteiger partial charge in [0.15, 0.2) is 0 Å². The fourth-order valence-corrected chi connectivity index (χ4v) is 4.83. The smallest absolute Gasteiger partial charge is 0.303 e. The van der Waals surface area contributed by atoms with Gasteiger partial charge in [0.1, 0.15) is 5.78 Å². The van der Waals surface area contributed by atoms with Crippen molar-refractivity contribution in [1.29, 1.82) is 0 Å². The number of carboxylic acid groups (broad SMARTS) is 1. The number of rotatable bonds is 10. The standard InChI is InChI=1S/C24H32O5/c25-21(18-13-16-7-5-6-8-17(16)14-18)12-11-20-19(22(26)15-23(20)27)9-3-1-2-4-10-24(28)29/h5-8,11-12,18-22,25-26H,1-4,9-10,13-15H2,(H,28,29)/t19-,20+,21+,22-/m1/s1. The van der Waals surface area contributed by atoms with Crippen molar-refractivity contribution in [3.05, 3.63) is 47.5 Å². The van der Waals surface area contributed by atoms with Gasteiger partial charge in [-0.05, 0) is 48.6 Å². The first-order chi connectivity index (χ1) is 14.0.